The Morgan fingerprint density at radius 3 is 2.67 bits per heavy atom. The highest BCUT2D eigenvalue weighted by Gasteiger charge is 2.17. The second-order valence-electron chi connectivity index (χ2n) is 5.66. The van der Waals surface area contributed by atoms with Gasteiger partial charge in [0.25, 0.3) is 5.91 Å². The highest BCUT2D eigenvalue weighted by atomic mass is 32.2. The molecule has 2 aromatic rings. The summed E-state index contributed by atoms with van der Waals surface area (Å²) in [7, 11) is 0. The van der Waals surface area contributed by atoms with E-state index in [-0.39, 0.29) is 5.91 Å². The second-order valence-corrected chi connectivity index (χ2v) is 6.77. The van der Waals surface area contributed by atoms with Gasteiger partial charge in [-0.25, -0.2) is 0 Å². The van der Waals surface area contributed by atoms with Crippen LogP contribution in [0.25, 0.3) is 0 Å². The van der Waals surface area contributed by atoms with Crippen molar-refractivity contribution in [2.75, 3.05) is 12.3 Å². The fraction of sp³-hybridized carbons (Fsp3) is 0.350. The maximum Gasteiger partial charge on any atom is 0.261 e. The predicted octanol–water partition coefficient (Wildman–Crippen LogP) is 4.20. The number of nitrogens with one attached hydrogen (secondary N) is 1. The minimum absolute atomic E-state index is 0.0423. The van der Waals surface area contributed by atoms with Gasteiger partial charge < -0.3 is 10.1 Å². The van der Waals surface area contributed by atoms with Crippen LogP contribution >= 0.6 is 11.8 Å². The molecule has 0 saturated carbocycles. The lowest BCUT2D eigenvalue weighted by molar-refractivity contribution is -0.127. The molecule has 1 N–H and O–H groups in total. The number of thioether (sulfide) groups is 1. The van der Waals surface area contributed by atoms with Gasteiger partial charge in [-0.3, -0.25) is 4.79 Å². The van der Waals surface area contributed by atoms with Crippen molar-refractivity contribution >= 4 is 17.7 Å². The van der Waals surface area contributed by atoms with Gasteiger partial charge in [0.15, 0.2) is 6.10 Å². The van der Waals surface area contributed by atoms with E-state index in [9.17, 15) is 4.79 Å². The minimum Gasteiger partial charge on any atom is -0.481 e. The third kappa shape index (κ3) is 6.28. The molecular formula is C20H25NO2S. The monoisotopic (exact) mass is 343 g/mol. The van der Waals surface area contributed by atoms with E-state index < -0.39 is 6.10 Å². The molecule has 0 fully saturated rings. The Kier molecular flexibility index (Phi) is 7.69. The first kappa shape index (κ1) is 18.4. The van der Waals surface area contributed by atoms with Crippen molar-refractivity contribution in [2.24, 2.45) is 0 Å². The van der Waals surface area contributed by atoms with Gasteiger partial charge in [0, 0.05) is 18.1 Å². The fourth-order valence-corrected chi connectivity index (χ4v) is 3.12. The summed E-state index contributed by atoms with van der Waals surface area (Å²) >= 11 is 1.82. The molecule has 3 nitrogen and oxygen atoms in total. The van der Waals surface area contributed by atoms with E-state index >= 15 is 0 Å². The lowest BCUT2D eigenvalue weighted by Crippen LogP contribution is -2.39. The molecule has 4 heteroatoms. The maximum absolute atomic E-state index is 12.3. The molecule has 1 amide bonds. The molecule has 0 aliphatic heterocycles. The van der Waals surface area contributed by atoms with E-state index in [0.29, 0.717) is 13.0 Å². The molecule has 2 aromatic carbocycles. The molecule has 0 unspecified atom stereocenters. The molecule has 2 rings (SSSR count). The van der Waals surface area contributed by atoms with Gasteiger partial charge >= 0.3 is 0 Å². The third-order valence-corrected chi connectivity index (χ3v) is 4.62. The number of aryl methyl sites for hydroxylation is 1. The summed E-state index contributed by atoms with van der Waals surface area (Å²) in [5.74, 6) is 2.56. The van der Waals surface area contributed by atoms with E-state index in [4.69, 9.17) is 4.74 Å². The largest absolute Gasteiger partial charge is 0.481 e. The van der Waals surface area contributed by atoms with Crippen molar-refractivity contribution in [3.8, 4) is 5.75 Å². The first-order valence-electron chi connectivity index (χ1n) is 8.31. The molecule has 24 heavy (non-hydrogen) atoms. The van der Waals surface area contributed by atoms with Crippen molar-refractivity contribution in [3.63, 3.8) is 0 Å². The summed E-state index contributed by atoms with van der Waals surface area (Å²) < 4.78 is 5.81. The summed E-state index contributed by atoms with van der Waals surface area (Å²) in [5.41, 5.74) is 2.43. The van der Waals surface area contributed by atoms with Gasteiger partial charge in [-0.2, -0.15) is 11.8 Å². The summed E-state index contributed by atoms with van der Waals surface area (Å²) in [4.78, 5) is 12.3. The number of carbonyl (C=O) groups excluding carboxylic acids is 1. The summed E-state index contributed by atoms with van der Waals surface area (Å²) in [6.45, 7) is 4.63. The van der Waals surface area contributed by atoms with Gasteiger partial charge in [-0.15, -0.1) is 0 Å². The molecule has 0 spiro atoms. The number of carbonyl (C=O) groups is 1. The number of ether oxygens (including phenoxy) is 1. The van der Waals surface area contributed by atoms with Crippen LogP contribution in [0.1, 0.15) is 24.5 Å². The molecular weight excluding hydrogens is 318 g/mol. The van der Waals surface area contributed by atoms with Crippen molar-refractivity contribution in [1.29, 1.82) is 0 Å². The molecule has 128 valence electrons. The molecule has 0 aromatic heterocycles. The van der Waals surface area contributed by atoms with Crippen molar-refractivity contribution < 1.29 is 9.53 Å². The zero-order chi connectivity index (χ0) is 17.2. The van der Waals surface area contributed by atoms with Gasteiger partial charge in [0.1, 0.15) is 5.75 Å². The quantitative estimate of drug-likeness (QED) is 0.694. The standard InChI is InChI=1S/C20H25NO2S/c1-3-19(23-18-11-7-8-16(2)14-18)20(22)21-12-13-24-15-17-9-5-4-6-10-17/h4-11,14,19H,3,12-13,15H2,1-2H3,(H,21,22)/t19-/m0/s1. The summed E-state index contributed by atoms with van der Waals surface area (Å²) in [6.07, 6.45) is 0.211. The van der Waals surface area contributed by atoms with E-state index in [0.717, 1.165) is 22.8 Å². The summed E-state index contributed by atoms with van der Waals surface area (Å²) in [6, 6.07) is 18.1. The molecule has 0 aliphatic rings. The van der Waals surface area contributed by atoms with Gasteiger partial charge in [-0.05, 0) is 36.6 Å². The molecule has 1 atom stereocenters. The van der Waals surface area contributed by atoms with Crippen LogP contribution in [0.3, 0.4) is 0 Å². The van der Waals surface area contributed by atoms with Crippen LogP contribution < -0.4 is 10.1 Å². The Morgan fingerprint density at radius 2 is 1.96 bits per heavy atom. The van der Waals surface area contributed by atoms with Crippen LogP contribution in [0.5, 0.6) is 5.75 Å². The number of hydrogen-bond donors (Lipinski definition) is 1. The molecule has 0 aliphatic carbocycles. The Hall–Kier alpha value is -1.94. The van der Waals surface area contributed by atoms with Crippen LogP contribution in [0.2, 0.25) is 0 Å². The van der Waals surface area contributed by atoms with Crippen LogP contribution in [0, 0.1) is 6.92 Å². The van der Waals surface area contributed by atoms with E-state index in [1.54, 1.807) is 0 Å². The van der Waals surface area contributed by atoms with Crippen LogP contribution in [0.15, 0.2) is 54.6 Å². The van der Waals surface area contributed by atoms with E-state index in [2.05, 4.69) is 17.4 Å². The topological polar surface area (TPSA) is 38.3 Å². The smallest absolute Gasteiger partial charge is 0.261 e. The lowest BCUT2D eigenvalue weighted by atomic mass is 10.2. The normalized spacial score (nSPS) is 11.8. The number of amides is 1. The van der Waals surface area contributed by atoms with E-state index in [1.807, 2.05) is 68.1 Å². The van der Waals surface area contributed by atoms with Crippen LogP contribution in [-0.4, -0.2) is 24.3 Å². The van der Waals surface area contributed by atoms with Crippen LogP contribution in [-0.2, 0) is 10.5 Å². The second kappa shape index (κ2) is 10.0. The highest BCUT2D eigenvalue weighted by molar-refractivity contribution is 7.98. The first-order chi connectivity index (χ1) is 11.7. The Bertz CT molecular complexity index is 631. The molecule has 0 radical (unpaired) electrons. The average molecular weight is 343 g/mol. The Labute approximate surface area is 148 Å². The SMILES string of the molecule is CC[C@H](Oc1cccc(C)c1)C(=O)NCCSCc1ccccc1. The van der Waals surface area contributed by atoms with Crippen molar-refractivity contribution in [2.45, 2.75) is 32.1 Å². The Morgan fingerprint density at radius 1 is 1.17 bits per heavy atom. The maximum atomic E-state index is 12.3. The zero-order valence-electron chi connectivity index (χ0n) is 14.3. The van der Waals surface area contributed by atoms with Crippen molar-refractivity contribution in [3.05, 3.63) is 65.7 Å². The van der Waals surface area contributed by atoms with Crippen LogP contribution in [0.4, 0.5) is 0 Å². The van der Waals surface area contributed by atoms with Gasteiger partial charge in [0.05, 0.1) is 0 Å². The van der Waals surface area contributed by atoms with Gasteiger partial charge in [-0.1, -0.05) is 49.4 Å². The number of hydrogen-bond acceptors (Lipinski definition) is 3. The predicted molar refractivity (Wildman–Crippen MR) is 101 cm³/mol. The van der Waals surface area contributed by atoms with Gasteiger partial charge in [0.2, 0.25) is 0 Å². The first-order valence-corrected chi connectivity index (χ1v) is 9.47. The van der Waals surface area contributed by atoms with Crippen molar-refractivity contribution in [1.82, 2.24) is 5.32 Å². The number of rotatable bonds is 9. The Balaban J connectivity index is 1.70. The zero-order valence-corrected chi connectivity index (χ0v) is 15.1. The minimum atomic E-state index is -0.439. The average Bonchev–Trinajstić information content (AvgIpc) is 2.60. The molecule has 0 bridgehead atoms. The molecule has 0 heterocycles. The molecule has 0 saturated heterocycles. The lowest BCUT2D eigenvalue weighted by Gasteiger charge is -2.17. The summed E-state index contributed by atoms with van der Waals surface area (Å²) in [5, 5.41) is 2.97. The fourth-order valence-electron chi connectivity index (χ4n) is 2.30. The third-order valence-electron chi connectivity index (χ3n) is 3.59. The number of benzene rings is 2. The highest BCUT2D eigenvalue weighted by Crippen LogP contribution is 2.15. The van der Waals surface area contributed by atoms with E-state index in [1.165, 1.54) is 5.56 Å².